The van der Waals surface area contributed by atoms with Gasteiger partial charge in [-0.3, -0.25) is 4.79 Å². The molecule has 0 radical (unpaired) electrons. The maximum absolute atomic E-state index is 13.0. The van der Waals surface area contributed by atoms with Crippen LogP contribution in [0.15, 0.2) is 47.4 Å². The summed E-state index contributed by atoms with van der Waals surface area (Å²) in [4.78, 5) is 24.2. The summed E-state index contributed by atoms with van der Waals surface area (Å²) in [5, 5.41) is 2.39. The molecule has 9 heteroatoms. The van der Waals surface area contributed by atoms with Crippen LogP contribution in [0.2, 0.25) is 5.02 Å². The molecule has 1 atom stereocenters. The Hall–Kier alpha value is -2.45. The molecule has 0 bridgehead atoms. The molecule has 1 N–H and O–H groups in total. The van der Waals surface area contributed by atoms with Crippen molar-refractivity contribution in [1.82, 2.24) is 0 Å². The SMILES string of the molecule is C[C@@H](OC(=O)c1ccccc1S(C)(=O)=O)C(=O)Nc1ccc(F)cc1Cl. The Balaban J connectivity index is 2.13. The molecule has 0 aromatic heterocycles. The van der Waals surface area contributed by atoms with Gasteiger partial charge in [0.15, 0.2) is 15.9 Å². The van der Waals surface area contributed by atoms with Gasteiger partial charge < -0.3 is 10.1 Å². The van der Waals surface area contributed by atoms with Crippen LogP contribution >= 0.6 is 11.6 Å². The van der Waals surface area contributed by atoms with Crippen LogP contribution in [0.1, 0.15) is 17.3 Å². The summed E-state index contributed by atoms with van der Waals surface area (Å²) in [5.74, 6) is -2.23. The van der Waals surface area contributed by atoms with Gasteiger partial charge in [-0.1, -0.05) is 23.7 Å². The molecule has 0 saturated carbocycles. The van der Waals surface area contributed by atoms with Crippen molar-refractivity contribution < 1.29 is 27.1 Å². The summed E-state index contributed by atoms with van der Waals surface area (Å²) in [6.45, 7) is 1.31. The zero-order chi connectivity index (χ0) is 19.5. The van der Waals surface area contributed by atoms with Gasteiger partial charge in [0, 0.05) is 6.26 Å². The topological polar surface area (TPSA) is 89.5 Å². The Morgan fingerprint density at radius 1 is 1.19 bits per heavy atom. The standard InChI is InChI=1S/C17H15ClFNO5S/c1-10(16(21)20-14-8-7-11(19)9-13(14)18)25-17(22)12-5-3-4-6-15(12)26(2,23)24/h3-10H,1-2H3,(H,20,21)/t10-/m1/s1. The molecule has 0 spiro atoms. The summed E-state index contributed by atoms with van der Waals surface area (Å²) in [5.41, 5.74) is -0.0213. The van der Waals surface area contributed by atoms with E-state index >= 15 is 0 Å². The van der Waals surface area contributed by atoms with Crippen LogP contribution in [0.4, 0.5) is 10.1 Å². The largest absolute Gasteiger partial charge is 0.449 e. The van der Waals surface area contributed by atoms with Gasteiger partial charge in [-0.15, -0.1) is 0 Å². The highest BCUT2D eigenvalue weighted by Gasteiger charge is 2.24. The number of halogens is 2. The number of carbonyl (C=O) groups excluding carboxylic acids is 2. The first-order valence-corrected chi connectivity index (χ1v) is 9.62. The number of amides is 1. The van der Waals surface area contributed by atoms with E-state index in [0.29, 0.717) is 0 Å². The average Bonchev–Trinajstić information content (AvgIpc) is 2.56. The van der Waals surface area contributed by atoms with Crippen LogP contribution < -0.4 is 5.32 Å². The second kappa shape index (κ2) is 7.84. The zero-order valence-electron chi connectivity index (χ0n) is 13.8. The first kappa shape index (κ1) is 19.9. The molecule has 0 aliphatic rings. The molecule has 0 unspecified atom stereocenters. The minimum Gasteiger partial charge on any atom is -0.449 e. The van der Waals surface area contributed by atoms with Crippen LogP contribution in [-0.2, 0) is 19.4 Å². The van der Waals surface area contributed by atoms with Crippen LogP contribution in [0.25, 0.3) is 0 Å². The average molecular weight is 400 g/mol. The Labute approximate surface area is 154 Å². The summed E-state index contributed by atoms with van der Waals surface area (Å²) in [7, 11) is -3.65. The number of anilines is 1. The number of hydrogen-bond acceptors (Lipinski definition) is 5. The number of nitrogens with one attached hydrogen (secondary N) is 1. The van der Waals surface area contributed by atoms with E-state index in [-0.39, 0.29) is 21.2 Å². The van der Waals surface area contributed by atoms with Gasteiger partial charge in [-0.25, -0.2) is 17.6 Å². The van der Waals surface area contributed by atoms with Crippen LogP contribution in [0, 0.1) is 5.82 Å². The smallest absolute Gasteiger partial charge is 0.340 e. The molecular formula is C17H15ClFNO5S. The molecule has 0 aliphatic heterocycles. The Bertz CT molecular complexity index is 961. The molecule has 0 saturated heterocycles. The minimum absolute atomic E-state index is 0.0145. The lowest BCUT2D eigenvalue weighted by Gasteiger charge is -2.15. The van der Waals surface area contributed by atoms with Gasteiger partial charge in [0.05, 0.1) is 21.2 Å². The van der Waals surface area contributed by atoms with E-state index in [2.05, 4.69) is 5.32 Å². The molecule has 1 amide bonds. The summed E-state index contributed by atoms with van der Waals surface area (Å²) in [6.07, 6.45) is -0.276. The number of sulfone groups is 1. The first-order chi connectivity index (χ1) is 12.1. The fraction of sp³-hybridized carbons (Fsp3) is 0.176. The van der Waals surface area contributed by atoms with Crippen molar-refractivity contribution in [3.63, 3.8) is 0 Å². The molecule has 2 aromatic carbocycles. The fourth-order valence-electron chi connectivity index (χ4n) is 2.06. The second-order valence-electron chi connectivity index (χ2n) is 5.43. The Morgan fingerprint density at radius 2 is 1.85 bits per heavy atom. The predicted octanol–water partition coefficient (Wildman–Crippen LogP) is 3.07. The molecule has 2 rings (SSSR count). The van der Waals surface area contributed by atoms with E-state index in [9.17, 15) is 22.4 Å². The minimum atomic E-state index is -3.65. The summed E-state index contributed by atoms with van der Waals surface area (Å²) < 4.78 is 41.6. The number of rotatable bonds is 5. The van der Waals surface area contributed by atoms with Crippen molar-refractivity contribution in [3.05, 3.63) is 58.9 Å². The van der Waals surface area contributed by atoms with Crippen molar-refractivity contribution >= 4 is 39.0 Å². The van der Waals surface area contributed by atoms with Gasteiger partial charge in [0.1, 0.15) is 5.82 Å². The third kappa shape index (κ3) is 4.80. The van der Waals surface area contributed by atoms with Gasteiger partial charge >= 0.3 is 5.97 Å². The van der Waals surface area contributed by atoms with E-state index in [1.165, 1.54) is 37.3 Å². The van der Waals surface area contributed by atoms with Crippen LogP contribution in [0.5, 0.6) is 0 Å². The highest BCUT2D eigenvalue weighted by molar-refractivity contribution is 7.90. The molecule has 138 valence electrons. The van der Waals surface area contributed by atoms with Gasteiger partial charge in [-0.2, -0.15) is 0 Å². The summed E-state index contributed by atoms with van der Waals surface area (Å²) >= 11 is 5.82. The van der Waals surface area contributed by atoms with Crippen molar-refractivity contribution in [1.29, 1.82) is 0 Å². The van der Waals surface area contributed by atoms with E-state index in [1.807, 2.05) is 0 Å². The zero-order valence-corrected chi connectivity index (χ0v) is 15.4. The van der Waals surface area contributed by atoms with Crippen molar-refractivity contribution in [3.8, 4) is 0 Å². The Morgan fingerprint density at radius 3 is 2.46 bits per heavy atom. The van der Waals surface area contributed by atoms with E-state index in [0.717, 1.165) is 18.4 Å². The highest BCUT2D eigenvalue weighted by Crippen LogP contribution is 2.23. The molecule has 6 nitrogen and oxygen atoms in total. The quantitative estimate of drug-likeness (QED) is 0.780. The third-order valence-corrected chi connectivity index (χ3v) is 4.82. The summed E-state index contributed by atoms with van der Waals surface area (Å²) in [6, 6.07) is 8.92. The number of benzene rings is 2. The van der Waals surface area contributed by atoms with Crippen molar-refractivity contribution in [2.75, 3.05) is 11.6 Å². The number of esters is 1. The highest BCUT2D eigenvalue weighted by atomic mass is 35.5. The van der Waals surface area contributed by atoms with Gasteiger partial charge in [-0.05, 0) is 37.3 Å². The van der Waals surface area contributed by atoms with Crippen LogP contribution in [-0.4, -0.2) is 32.7 Å². The molecule has 26 heavy (non-hydrogen) atoms. The van der Waals surface area contributed by atoms with Crippen molar-refractivity contribution in [2.45, 2.75) is 17.9 Å². The monoisotopic (exact) mass is 399 g/mol. The molecule has 0 aliphatic carbocycles. The lowest BCUT2D eigenvalue weighted by atomic mass is 10.2. The van der Waals surface area contributed by atoms with Crippen molar-refractivity contribution in [2.24, 2.45) is 0 Å². The first-order valence-electron chi connectivity index (χ1n) is 7.35. The lowest BCUT2D eigenvalue weighted by molar-refractivity contribution is -0.123. The number of ether oxygens (including phenoxy) is 1. The predicted molar refractivity (Wildman–Crippen MR) is 94.5 cm³/mol. The third-order valence-electron chi connectivity index (χ3n) is 3.35. The number of hydrogen-bond donors (Lipinski definition) is 1. The number of carbonyl (C=O) groups is 2. The fourth-order valence-corrected chi connectivity index (χ4v) is 3.15. The molecular weight excluding hydrogens is 385 g/mol. The molecule has 2 aromatic rings. The van der Waals surface area contributed by atoms with E-state index in [1.54, 1.807) is 0 Å². The molecule has 0 heterocycles. The Kier molecular flexibility index (Phi) is 5.99. The van der Waals surface area contributed by atoms with Gasteiger partial charge in [0.25, 0.3) is 5.91 Å². The maximum Gasteiger partial charge on any atom is 0.340 e. The normalized spacial score (nSPS) is 12.3. The maximum atomic E-state index is 13.0. The van der Waals surface area contributed by atoms with E-state index < -0.39 is 33.6 Å². The molecule has 0 fully saturated rings. The van der Waals surface area contributed by atoms with Crippen LogP contribution in [0.3, 0.4) is 0 Å². The van der Waals surface area contributed by atoms with E-state index in [4.69, 9.17) is 16.3 Å². The second-order valence-corrected chi connectivity index (χ2v) is 7.82. The lowest BCUT2D eigenvalue weighted by Crippen LogP contribution is -2.30. The van der Waals surface area contributed by atoms with Gasteiger partial charge in [0.2, 0.25) is 0 Å².